The molecule has 0 aliphatic carbocycles. The normalized spacial score (nSPS) is 14.4. The summed E-state index contributed by atoms with van der Waals surface area (Å²) in [6, 6.07) is 13.6. The molecule has 0 saturated carbocycles. The van der Waals surface area contributed by atoms with Gasteiger partial charge in [0, 0.05) is 36.8 Å². The fourth-order valence-electron chi connectivity index (χ4n) is 3.81. The number of methoxy groups -OCH3 is 1. The topological polar surface area (TPSA) is 59.1 Å². The van der Waals surface area contributed by atoms with Gasteiger partial charge in [0.25, 0.3) is 5.91 Å². The third-order valence-corrected chi connectivity index (χ3v) is 5.47. The van der Waals surface area contributed by atoms with E-state index in [0.717, 1.165) is 0 Å². The zero-order valence-corrected chi connectivity index (χ0v) is 18.2. The fourth-order valence-corrected chi connectivity index (χ4v) is 3.81. The summed E-state index contributed by atoms with van der Waals surface area (Å²) < 4.78 is 24.7. The van der Waals surface area contributed by atoms with E-state index >= 15 is 0 Å². The molecule has 1 heterocycles. The SMILES string of the molecule is COc1ccc(N(C(=O)C2CCN(C(=O)COc3ccccc3)CC2)C(C)C)cc1F. The van der Waals surface area contributed by atoms with E-state index in [4.69, 9.17) is 9.47 Å². The summed E-state index contributed by atoms with van der Waals surface area (Å²) in [7, 11) is 1.41. The molecule has 31 heavy (non-hydrogen) atoms. The smallest absolute Gasteiger partial charge is 0.260 e. The number of carbonyl (C=O) groups excluding carboxylic acids is 2. The van der Waals surface area contributed by atoms with Gasteiger partial charge in [-0.1, -0.05) is 18.2 Å². The molecule has 0 radical (unpaired) electrons. The van der Waals surface area contributed by atoms with E-state index in [9.17, 15) is 14.0 Å². The lowest BCUT2D eigenvalue weighted by molar-refractivity contribution is -0.136. The molecule has 0 bridgehead atoms. The number of para-hydroxylation sites is 1. The Morgan fingerprint density at radius 3 is 2.39 bits per heavy atom. The van der Waals surface area contributed by atoms with Gasteiger partial charge in [-0.05, 0) is 51.0 Å². The van der Waals surface area contributed by atoms with Crippen molar-refractivity contribution in [2.45, 2.75) is 32.7 Å². The standard InChI is InChI=1S/C24H29FN2O4/c1-17(2)27(19-9-10-22(30-3)21(25)15-19)24(29)18-11-13-26(14-12-18)23(28)16-31-20-7-5-4-6-8-20/h4-10,15,17-18H,11-14,16H2,1-3H3. The third-order valence-electron chi connectivity index (χ3n) is 5.47. The molecule has 1 fully saturated rings. The van der Waals surface area contributed by atoms with Crippen molar-refractivity contribution >= 4 is 17.5 Å². The number of ether oxygens (including phenoxy) is 2. The minimum Gasteiger partial charge on any atom is -0.494 e. The van der Waals surface area contributed by atoms with Gasteiger partial charge in [0.15, 0.2) is 18.2 Å². The summed E-state index contributed by atoms with van der Waals surface area (Å²) in [4.78, 5) is 29.1. The van der Waals surface area contributed by atoms with E-state index < -0.39 is 5.82 Å². The molecule has 0 atom stereocenters. The Labute approximate surface area is 182 Å². The quantitative estimate of drug-likeness (QED) is 0.671. The van der Waals surface area contributed by atoms with E-state index in [0.29, 0.717) is 37.4 Å². The Hall–Kier alpha value is -3.09. The molecular formula is C24H29FN2O4. The second-order valence-electron chi connectivity index (χ2n) is 7.88. The first-order valence-corrected chi connectivity index (χ1v) is 10.5. The van der Waals surface area contributed by atoms with Crippen molar-refractivity contribution in [3.8, 4) is 11.5 Å². The van der Waals surface area contributed by atoms with Gasteiger partial charge >= 0.3 is 0 Å². The summed E-state index contributed by atoms with van der Waals surface area (Å²) in [6.07, 6.45) is 1.13. The lowest BCUT2D eigenvalue weighted by Crippen LogP contribution is -2.47. The predicted octanol–water partition coefficient (Wildman–Crippen LogP) is 3.89. The number of benzene rings is 2. The highest BCUT2D eigenvalue weighted by atomic mass is 19.1. The van der Waals surface area contributed by atoms with Crippen molar-refractivity contribution in [1.82, 2.24) is 4.90 Å². The second kappa shape index (κ2) is 10.3. The number of anilines is 1. The van der Waals surface area contributed by atoms with E-state index in [1.807, 2.05) is 32.0 Å². The number of halogens is 1. The van der Waals surface area contributed by atoms with Crippen molar-refractivity contribution in [3.05, 3.63) is 54.3 Å². The molecule has 2 aromatic carbocycles. The van der Waals surface area contributed by atoms with Crippen molar-refractivity contribution in [3.63, 3.8) is 0 Å². The first-order chi connectivity index (χ1) is 14.9. The highest BCUT2D eigenvalue weighted by Gasteiger charge is 2.32. The average molecular weight is 429 g/mol. The molecule has 0 N–H and O–H groups in total. The highest BCUT2D eigenvalue weighted by molar-refractivity contribution is 5.95. The van der Waals surface area contributed by atoms with Crippen molar-refractivity contribution < 1.29 is 23.5 Å². The van der Waals surface area contributed by atoms with Crippen LogP contribution >= 0.6 is 0 Å². The van der Waals surface area contributed by atoms with Crippen LogP contribution in [0.1, 0.15) is 26.7 Å². The van der Waals surface area contributed by atoms with Crippen LogP contribution in [0.3, 0.4) is 0 Å². The highest BCUT2D eigenvalue weighted by Crippen LogP contribution is 2.28. The number of likely N-dealkylation sites (tertiary alicyclic amines) is 1. The Morgan fingerprint density at radius 2 is 1.81 bits per heavy atom. The zero-order valence-electron chi connectivity index (χ0n) is 18.2. The van der Waals surface area contributed by atoms with Crippen molar-refractivity contribution in [1.29, 1.82) is 0 Å². The van der Waals surface area contributed by atoms with Gasteiger partial charge in [0.1, 0.15) is 5.75 Å². The van der Waals surface area contributed by atoms with E-state index in [1.54, 1.807) is 28.0 Å². The summed E-state index contributed by atoms with van der Waals surface area (Å²) in [5, 5.41) is 0. The minimum absolute atomic E-state index is 0.0220. The molecule has 1 aliphatic heterocycles. The maximum Gasteiger partial charge on any atom is 0.260 e. The van der Waals surface area contributed by atoms with Crippen LogP contribution in [0.2, 0.25) is 0 Å². The molecule has 166 valence electrons. The number of rotatable bonds is 7. The van der Waals surface area contributed by atoms with E-state index in [1.165, 1.54) is 19.2 Å². The van der Waals surface area contributed by atoms with E-state index in [2.05, 4.69) is 0 Å². The van der Waals surface area contributed by atoms with Gasteiger partial charge in [0.2, 0.25) is 5.91 Å². The monoisotopic (exact) mass is 428 g/mol. The molecule has 2 amide bonds. The molecule has 3 rings (SSSR count). The summed E-state index contributed by atoms with van der Waals surface area (Å²) >= 11 is 0. The summed E-state index contributed by atoms with van der Waals surface area (Å²) in [5.41, 5.74) is 0.507. The van der Waals surface area contributed by atoms with Crippen LogP contribution in [0.25, 0.3) is 0 Å². The number of hydrogen-bond donors (Lipinski definition) is 0. The van der Waals surface area contributed by atoms with Gasteiger partial charge in [-0.25, -0.2) is 4.39 Å². The van der Waals surface area contributed by atoms with Crippen LogP contribution in [0, 0.1) is 11.7 Å². The Kier molecular flexibility index (Phi) is 7.50. The van der Waals surface area contributed by atoms with Gasteiger partial charge in [-0.15, -0.1) is 0 Å². The van der Waals surface area contributed by atoms with Gasteiger partial charge < -0.3 is 19.3 Å². The average Bonchev–Trinajstić information content (AvgIpc) is 2.78. The summed E-state index contributed by atoms with van der Waals surface area (Å²) in [6.45, 7) is 4.78. The van der Waals surface area contributed by atoms with Gasteiger partial charge in [-0.3, -0.25) is 9.59 Å². The number of hydrogen-bond acceptors (Lipinski definition) is 4. The Bertz CT molecular complexity index is 896. The molecule has 0 aromatic heterocycles. The van der Waals surface area contributed by atoms with Crippen LogP contribution in [0.5, 0.6) is 11.5 Å². The lowest BCUT2D eigenvalue weighted by Gasteiger charge is -2.36. The predicted molar refractivity (Wildman–Crippen MR) is 117 cm³/mol. The molecular weight excluding hydrogens is 399 g/mol. The number of piperidine rings is 1. The molecule has 6 nitrogen and oxygen atoms in total. The number of amides is 2. The molecule has 1 aliphatic rings. The van der Waals surface area contributed by atoms with Crippen LogP contribution < -0.4 is 14.4 Å². The molecule has 0 spiro atoms. The molecule has 7 heteroatoms. The van der Waals surface area contributed by atoms with Gasteiger partial charge in [-0.2, -0.15) is 0 Å². The molecule has 0 unspecified atom stereocenters. The van der Waals surface area contributed by atoms with Crippen molar-refractivity contribution in [2.24, 2.45) is 5.92 Å². The maximum atomic E-state index is 14.2. The largest absolute Gasteiger partial charge is 0.494 e. The van der Waals surface area contributed by atoms with Crippen LogP contribution in [-0.4, -0.2) is 49.6 Å². The van der Waals surface area contributed by atoms with Crippen molar-refractivity contribution in [2.75, 3.05) is 31.7 Å². The molecule has 1 saturated heterocycles. The third kappa shape index (κ3) is 5.54. The number of carbonyl (C=O) groups is 2. The van der Waals surface area contributed by atoms with Crippen LogP contribution in [0.15, 0.2) is 48.5 Å². The Balaban J connectivity index is 1.58. The van der Waals surface area contributed by atoms with Gasteiger partial charge in [0.05, 0.1) is 7.11 Å². The fraction of sp³-hybridized carbons (Fsp3) is 0.417. The first-order valence-electron chi connectivity index (χ1n) is 10.5. The second-order valence-corrected chi connectivity index (χ2v) is 7.88. The number of nitrogens with zero attached hydrogens (tertiary/aromatic N) is 2. The zero-order chi connectivity index (χ0) is 22.4. The van der Waals surface area contributed by atoms with E-state index in [-0.39, 0.29) is 36.1 Å². The van der Waals surface area contributed by atoms with Crippen LogP contribution in [-0.2, 0) is 9.59 Å². The molecule has 2 aromatic rings. The maximum absolute atomic E-state index is 14.2. The minimum atomic E-state index is -0.503. The summed E-state index contributed by atoms with van der Waals surface area (Å²) in [5.74, 6) is -0.0616. The Morgan fingerprint density at radius 1 is 1.13 bits per heavy atom. The van der Waals surface area contributed by atoms with Crippen LogP contribution in [0.4, 0.5) is 10.1 Å². The first kappa shape index (κ1) is 22.6. The lowest BCUT2D eigenvalue weighted by atomic mass is 9.94.